The summed E-state index contributed by atoms with van der Waals surface area (Å²) in [7, 11) is 1.63. The molecule has 1 saturated heterocycles. The lowest BCUT2D eigenvalue weighted by Crippen LogP contribution is -2.50. The standard InChI is InChI=1S/C23H33N5O3/c1-17(28(19-9-10-19)23(29)21-15-24-12-14-31-21)20-16-27(13-6-11-25-30-2)22(26-20)18-7-4-3-5-8-18/h3-5,7-8,16-17,19,21,24-25H,6,9-15H2,1-2H3/t17-,21-/m1/s1. The Balaban J connectivity index is 1.57. The quantitative estimate of drug-likeness (QED) is 0.447. The van der Waals surface area contributed by atoms with Crippen molar-refractivity contribution in [3.05, 3.63) is 42.2 Å². The molecule has 2 fully saturated rings. The lowest BCUT2D eigenvalue weighted by molar-refractivity contribution is -0.148. The maximum absolute atomic E-state index is 13.3. The monoisotopic (exact) mass is 427 g/mol. The predicted octanol–water partition coefficient (Wildman–Crippen LogP) is 2.13. The second-order valence-electron chi connectivity index (χ2n) is 8.22. The van der Waals surface area contributed by atoms with Crippen LogP contribution in [0.25, 0.3) is 11.4 Å². The van der Waals surface area contributed by atoms with Crippen LogP contribution in [0.15, 0.2) is 36.5 Å². The van der Waals surface area contributed by atoms with Crippen molar-refractivity contribution in [2.75, 3.05) is 33.4 Å². The fourth-order valence-corrected chi connectivity index (χ4v) is 4.12. The number of carbonyl (C=O) groups is 1. The van der Waals surface area contributed by atoms with Crippen LogP contribution in [0.4, 0.5) is 0 Å². The molecule has 8 nitrogen and oxygen atoms in total. The van der Waals surface area contributed by atoms with E-state index in [0.29, 0.717) is 13.2 Å². The summed E-state index contributed by atoms with van der Waals surface area (Å²) in [4.78, 5) is 25.3. The number of aryl methyl sites for hydroxylation is 1. The van der Waals surface area contributed by atoms with E-state index in [9.17, 15) is 4.79 Å². The summed E-state index contributed by atoms with van der Waals surface area (Å²) in [6.07, 6.45) is 4.69. The van der Waals surface area contributed by atoms with Crippen molar-refractivity contribution in [1.82, 2.24) is 25.2 Å². The third kappa shape index (κ3) is 5.33. The van der Waals surface area contributed by atoms with Gasteiger partial charge in [-0.1, -0.05) is 30.3 Å². The molecule has 31 heavy (non-hydrogen) atoms. The van der Waals surface area contributed by atoms with E-state index >= 15 is 0 Å². The molecule has 2 atom stereocenters. The number of hydrogen-bond acceptors (Lipinski definition) is 6. The van der Waals surface area contributed by atoms with Crippen LogP contribution in [-0.4, -0.2) is 65.9 Å². The minimum Gasteiger partial charge on any atom is -0.366 e. The molecule has 4 rings (SSSR count). The maximum Gasteiger partial charge on any atom is 0.253 e. The second kappa shape index (κ2) is 10.4. The van der Waals surface area contributed by atoms with Gasteiger partial charge >= 0.3 is 0 Å². The zero-order valence-electron chi connectivity index (χ0n) is 18.4. The van der Waals surface area contributed by atoms with Crippen LogP contribution >= 0.6 is 0 Å². The first-order chi connectivity index (χ1) is 15.2. The van der Waals surface area contributed by atoms with Crippen molar-refractivity contribution < 1.29 is 14.4 Å². The number of imidazole rings is 1. The van der Waals surface area contributed by atoms with Crippen molar-refractivity contribution in [3.8, 4) is 11.4 Å². The van der Waals surface area contributed by atoms with Gasteiger partial charge in [-0.15, -0.1) is 0 Å². The van der Waals surface area contributed by atoms with E-state index in [1.165, 1.54) is 0 Å². The van der Waals surface area contributed by atoms with Gasteiger partial charge < -0.3 is 24.4 Å². The summed E-state index contributed by atoms with van der Waals surface area (Å²) in [5, 5.41) is 3.27. The van der Waals surface area contributed by atoms with Gasteiger partial charge in [-0.3, -0.25) is 4.79 Å². The van der Waals surface area contributed by atoms with E-state index in [0.717, 1.165) is 56.0 Å². The van der Waals surface area contributed by atoms with E-state index in [1.807, 2.05) is 23.1 Å². The molecule has 1 amide bonds. The molecular weight excluding hydrogens is 394 g/mol. The smallest absolute Gasteiger partial charge is 0.253 e. The van der Waals surface area contributed by atoms with Crippen LogP contribution in [0.1, 0.15) is 37.9 Å². The zero-order chi connectivity index (χ0) is 21.6. The van der Waals surface area contributed by atoms with Crippen LogP contribution in [0.2, 0.25) is 0 Å². The van der Waals surface area contributed by atoms with Crippen LogP contribution in [0.5, 0.6) is 0 Å². The number of ether oxygens (including phenoxy) is 1. The molecule has 1 saturated carbocycles. The number of rotatable bonds is 10. The Kier molecular flexibility index (Phi) is 7.34. The summed E-state index contributed by atoms with van der Waals surface area (Å²) >= 11 is 0. The van der Waals surface area contributed by atoms with Gasteiger partial charge in [0, 0.05) is 44.0 Å². The van der Waals surface area contributed by atoms with E-state index < -0.39 is 6.10 Å². The fraction of sp³-hybridized carbons (Fsp3) is 0.565. The Labute approximate surface area is 183 Å². The third-order valence-electron chi connectivity index (χ3n) is 5.89. The van der Waals surface area contributed by atoms with Crippen LogP contribution in [-0.2, 0) is 20.9 Å². The zero-order valence-corrected chi connectivity index (χ0v) is 18.4. The fourth-order valence-electron chi connectivity index (χ4n) is 4.12. The molecular formula is C23H33N5O3. The van der Waals surface area contributed by atoms with E-state index in [1.54, 1.807) is 7.11 Å². The van der Waals surface area contributed by atoms with Crippen molar-refractivity contribution in [1.29, 1.82) is 0 Å². The number of hydrogen-bond donors (Lipinski definition) is 2. The molecule has 0 bridgehead atoms. The number of benzene rings is 1. The highest BCUT2D eigenvalue weighted by Gasteiger charge is 2.40. The van der Waals surface area contributed by atoms with E-state index in [-0.39, 0.29) is 18.0 Å². The first-order valence-electron chi connectivity index (χ1n) is 11.2. The summed E-state index contributed by atoms with van der Waals surface area (Å²) in [6, 6.07) is 10.4. The highest BCUT2D eigenvalue weighted by atomic mass is 16.6. The second-order valence-corrected chi connectivity index (χ2v) is 8.22. The Morgan fingerprint density at radius 2 is 2.19 bits per heavy atom. The van der Waals surface area contributed by atoms with E-state index in [2.05, 4.69) is 40.6 Å². The van der Waals surface area contributed by atoms with Crippen molar-refractivity contribution >= 4 is 5.91 Å². The van der Waals surface area contributed by atoms with Gasteiger partial charge in [0.05, 0.1) is 25.5 Å². The van der Waals surface area contributed by atoms with Gasteiger partial charge in [0.25, 0.3) is 5.91 Å². The van der Waals surface area contributed by atoms with Gasteiger partial charge in [-0.05, 0) is 26.2 Å². The first kappa shape index (κ1) is 22.0. The van der Waals surface area contributed by atoms with Gasteiger partial charge in [0.1, 0.15) is 11.9 Å². The number of nitrogens with one attached hydrogen (secondary N) is 2. The molecule has 1 aliphatic carbocycles. The average molecular weight is 428 g/mol. The molecule has 1 aliphatic heterocycles. The van der Waals surface area contributed by atoms with Gasteiger partial charge in [-0.2, -0.15) is 0 Å². The molecule has 0 unspecified atom stereocenters. The molecule has 2 aliphatic rings. The molecule has 2 N–H and O–H groups in total. The number of nitrogens with zero attached hydrogens (tertiary/aromatic N) is 3. The maximum atomic E-state index is 13.3. The van der Waals surface area contributed by atoms with Crippen molar-refractivity contribution in [3.63, 3.8) is 0 Å². The summed E-state index contributed by atoms with van der Waals surface area (Å²) in [6.45, 7) is 5.60. The molecule has 1 aromatic heterocycles. The van der Waals surface area contributed by atoms with Crippen molar-refractivity contribution in [2.24, 2.45) is 0 Å². The molecule has 1 aromatic carbocycles. The van der Waals surface area contributed by atoms with E-state index in [4.69, 9.17) is 14.6 Å². The molecule has 2 heterocycles. The van der Waals surface area contributed by atoms with Crippen LogP contribution in [0.3, 0.4) is 0 Å². The molecule has 2 aromatic rings. The predicted molar refractivity (Wildman–Crippen MR) is 118 cm³/mol. The van der Waals surface area contributed by atoms with Crippen LogP contribution in [0, 0.1) is 0 Å². The Hall–Kier alpha value is -2.26. The summed E-state index contributed by atoms with van der Waals surface area (Å²) < 4.78 is 7.95. The van der Waals surface area contributed by atoms with Gasteiger partial charge in [-0.25, -0.2) is 10.5 Å². The molecule has 0 spiro atoms. The highest BCUT2D eigenvalue weighted by molar-refractivity contribution is 5.82. The largest absolute Gasteiger partial charge is 0.366 e. The first-order valence-corrected chi connectivity index (χ1v) is 11.2. The lowest BCUT2D eigenvalue weighted by atomic mass is 10.1. The topological polar surface area (TPSA) is 80.7 Å². The van der Waals surface area contributed by atoms with Crippen molar-refractivity contribution in [2.45, 2.75) is 50.9 Å². The normalized spacial score (nSPS) is 19.9. The summed E-state index contributed by atoms with van der Waals surface area (Å²) in [5.74, 6) is 1.00. The van der Waals surface area contributed by atoms with Gasteiger partial charge in [0.15, 0.2) is 0 Å². The SMILES string of the molecule is CONCCCn1cc([C@@H](C)N(C(=O)[C@H]2CNCCO2)C2CC2)nc1-c1ccccc1. The molecule has 168 valence electrons. The molecule has 8 heteroatoms. The number of hydroxylamine groups is 1. The third-order valence-corrected chi connectivity index (χ3v) is 5.89. The Morgan fingerprint density at radius 3 is 2.87 bits per heavy atom. The Bertz CT molecular complexity index is 846. The minimum absolute atomic E-state index is 0.0716. The minimum atomic E-state index is -0.410. The number of carbonyl (C=O) groups excluding carboxylic acids is 1. The highest BCUT2D eigenvalue weighted by Crippen LogP contribution is 2.35. The Morgan fingerprint density at radius 1 is 1.39 bits per heavy atom. The number of amides is 1. The lowest BCUT2D eigenvalue weighted by Gasteiger charge is -2.33. The van der Waals surface area contributed by atoms with Crippen LogP contribution < -0.4 is 10.8 Å². The summed E-state index contributed by atoms with van der Waals surface area (Å²) in [5.41, 5.74) is 4.89. The number of aromatic nitrogens is 2. The van der Waals surface area contributed by atoms with Gasteiger partial charge in [0.2, 0.25) is 0 Å². The average Bonchev–Trinajstić information content (AvgIpc) is 3.55. The number of morpholine rings is 1. The molecule has 0 radical (unpaired) electrons.